The molecule has 0 aliphatic rings. The quantitative estimate of drug-likeness (QED) is 0.641. The molecule has 2 aromatic heterocycles. The Morgan fingerprint density at radius 1 is 1.17 bits per heavy atom. The van der Waals surface area contributed by atoms with Gasteiger partial charge in [-0.25, -0.2) is 9.78 Å². The Hall–Kier alpha value is -3.10. The fraction of sp³-hybridized carbons (Fsp3) is 0.333. The zero-order chi connectivity index (χ0) is 16.9. The van der Waals surface area contributed by atoms with E-state index in [-0.39, 0.29) is 0 Å². The largest absolute Gasteiger partial charge is 0.493 e. The van der Waals surface area contributed by atoms with Gasteiger partial charge < -0.3 is 9.47 Å². The predicted octanol–water partition coefficient (Wildman–Crippen LogP) is 1.20. The van der Waals surface area contributed by atoms with Gasteiger partial charge in [0.25, 0.3) is 0 Å². The topological polar surface area (TPSA) is 97.2 Å². The molecule has 0 aliphatic heterocycles. The van der Waals surface area contributed by atoms with Crippen LogP contribution in [0.3, 0.4) is 0 Å². The summed E-state index contributed by atoms with van der Waals surface area (Å²) in [7, 11) is 3.11. The van der Waals surface area contributed by atoms with Crippen LogP contribution in [0.5, 0.6) is 11.5 Å². The van der Waals surface area contributed by atoms with Gasteiger partial charge in [0.2, 0.25) is 0 Å². The van der Waals surface area contributed by atoms with Gasteiger partial charge >= 0.3 is 5.76 Å². The first kappa shape index (κ1) is 15.8. The number of methoxy groups -OCH3 is 2. The van der Waals surface area contributed by atoms with Crippen LogP contribution in [0.1, 0.15) is 6.42 Å². The molecular formula is C15H17N5O4. The Morgan fingerprint density at radius 3 is 2.71 bits per heavy atom. The van der Waals surface area contributed by atoms with E-state index >= 15 is 0 Å². The van der Waals surface area contributed by atoms with Gasteiger partial charge in [0.05, 0.1) is 14.2 Å². The smallest absolute Gasteiger partial charge is 0.441 e. The van der Waals surface area contributed by atoms with Crippen molar-refractivity contribution in [3.8, 4) is 22.9 Å². The van der Waals surface area contributed by atoms with Crippen molar-refractivity contribution in [3.05, 3.63) is 41.4 Å². The van der Waals surface area contributed by atoms with E-state index in [2.05, 4.69) is 15.2 Å². The summed E-state index contributed by atoms with van der Waals surface area (Å²) in [5, 5.41) is 7.91. The van der Waals surface area contributed by atoms with E-state index in [1.807, 2.05) is 0 Å². The molecule has 0 aliphatic carbocycles. The second kappa shape index (κ2) is 6.99. The summed E-state index contributed by atoms with van der Waals surface area (Å²) in [4.78, 5) is 15.8. The van der Waals surface area contributed by atoms with Crippen molar-refractivity contribution in [1.82, 2.24) is 24.5 Å². The molecule has 0 unspecified atom stereocenters. The lowest BCUT2D eigenvalue weighted by Crippen LogP contribution is -2.17. The van der Waals surface area contributed by atoms with Crippen molar-refractivity contribution in [1.29, 1.82) is 0 Å². The Labute approximate surface area is 137 Å². The Bertz CT molecular complexity index is 853. The average molecular weight is 331 g/mol. The zero-order valence-corrected chi connectivity index (χ0v) is 13.4. The lowest BCUT2D eigenvalue weighted by atomic mass is 10.2. The maximum absolute atomic E-state index is 11.9. The summed E-state index contributed by atoms with van der Waals surface area (Å²) in [6.45, 7) is 1.09. The molecule has 2 heterocycles. The Kier molecular flexibility index (Phi) is 4.59. The van der Waals surface area contributed by atoms with E-state index in [9.17, 15) is 4.79 Å². The summed E-state index contributed by atoms with van der Waals surface area (Å²) < 4.78 is 18.5. The van der Waals surface area contributed by atoms with Crippen molar-refractivity contribution in [2.75, 3.05) is 14.2 Å². The summed E-state index contributed by atoms with van der Waals surface area (Å²) in [6.07, 6.45) is 3.79. The second-order valence-electron chi connectivity index (χ2n) is 5.01. The fourth-order valence-corrected chi connectivity index (χ4v) is 2.39. The van der Waals surface area contributed by atoms with Gasteiger partial charge in [-0.2, -0.15) is 5.10 Å². The summed E-state index contributed by atoms with van der Waals surface area (Å²) in [5.74, 6) is 1.10. The van der Waals surface area contributed by atoms with Crippen LogP contribution in [0.25, 0.3) is 11.4 Å². The highest BCUT2D eigenvalue weighted by Gasteiger charge is 2.15. The first-order valence-corrected chi connectivity index (χ1v) is 7.34. The van der Waals surface area contributed by atoms with Crippen LogP contribution in [0.4, 0.5) is 0 Å². The Morgan fingerprint density at radius 2 is 2.00 bits per heavy atom. The van der Waals surface area contributed by atoms with E-state index in [1.54, 1.807) is 43.4 Å². The monoisotopic (exact) mass is 331 g/mol. The second-order valence-corrected chi connectivity index (χ2v) is 5.01. The lowest BCUT2D eigenvalue weighted by Gasteiger charge is -2.09. The van der Waals surface area contributed by atoms with Crippen molar-refractivity contribution < 1.29 is 14.0 Å². The molecule has 0 bridgehead atoms. The van der Waals surface area contributed by atoms with E-state index in [1.165, 1.54) is 10.9 Å². The fourth-order valence-electron chi connectivity index (χ4n) is 2.39. The van der Waals surface area contributed by atoms with Crippen molar-refractivity contribution in [2.45, 2.75) is 19.5 Å². The SMILES string of the molecule is COc1ccc(-c2noc(=O)n2CCCn2cncn2)cc1OC. The maximum atomic E-state index is 11.9. The van der Waals surface area contributed by atoms with Crippen LogP contribution < -0.4 is 15.2 Å². The molecule has 0 radical (unpaired) electrons. The van der Waals surface area contributed by atoms with Crippen molar-refractivity contribution >= 4 is 0 Å². The van der Waals surface area contributed by atoms with Gasteiger partial charge in [0.1, 0.15) is 12.7 Å². The number of ether oxygens (including phenoxy) is 2. The van der Waals surface area contributed by atoms with Crippen molar-refractivity contribution in [3.63, 3.8) is 0 Å². The van der Waals surface area contributed by atoms with Gasteiger partial charge in [-0.3, -0.25) is 13.8 Å². The molecule has 0 spiro atoms. The lowest BCUT2D eigenvalue weighted by molar-refractivity contribution is 0.355. The highest BCUT2D eigenvalue weighted by atomic mass is 16.5. The number of benzene rings is 1. The van der Waals surface area contributed by atoms with E-state index in [0.29, 0.717) is 42.4 Å². The number of aromatic nitrogens is 5. The third-order valence-corrected chi connectivity index (χ3v) is 3.56. The van der Waals surface area contributed by atoms with Gasteiger partial charge in [0, 0.05) is 18.7 Å². The molecule has 3 rings (SSSR count). The van der Waals surface area contributed by atoms with Crippen LogP contribution in [0, 0.1) is 0 Å². The molecule has 24 heavy (non-hydrogen) atoms. The number of hydrogen-bond acceptors (Lipinski definition) is 7. The first-order chi connectivity index (χ1) is 11.7. The molecule has 0 fully saturated rings. The summed E-state index contributed by atoms with van der Waals surface area (Å²) in [5.41, 5.74) is 0.708. The highest BCUT2D eigenvalue weighted by Crippen LogP contribution is 2.31. The van der Waals surface area contributed by atoms with Crippen molar-refractivity contribution in [2.24, 2.45) is 0 Å². The van der Waals surface area contributed by atoms with E-state index in [0.717, 1.165) is 0 Å². The molecular weight excluding hydrogens is 314 g/mol. The number of hydrogen-bond donors (Lipinski definition) is 0. The van der Waals surface area contributed by atoms with E-state index in [4.69, 9.17) is 14.0 Å². The third-order valence-electron chi connectivity index (χ3n) is 3.56. The molecule has 9 nitrogen and oxygen atoms in total. The minimum absolute atomic E-state index is 0.444. The van der Waals surface area contributed by atoms with Gasteiger partial charge in [-0.1, -0.05) is 5.16 Å². The van der Waals surface area contributed by atoms with Gasteiger partial charge in [-0.15, -0.1) is 0 Å². The standard InChI is InChI=1S/C15H17N5O4/c1-22-12-5-4-11(8-13(12)23-2)14-18-24-15(21)20(14)7-3-6-19-10-16-9-17-19/h4-5,8-10H,3,6-7H2,1-2H3. The normalized spacial score (nSPS) is 10.8. The van der Waals surface area contributed by atoms with Crippen LogP contribution in [-0.4, -0.2) is 38.7 Å². The molecule has 126 valence electrons. The number of rotatable bonds is 7. The van der Waals surface area contributed by atoms with Crippen LogP contribution in [-0.2, 0) is 13.1 Å². The van der Waals surface area contributed by atoms with Crippen LogP contribution >= 0.6 is 0 Å². The molecule has 1 aromatic carbocycles. The molecule has 0 saturated heterocycles. The highest BCUT2D eigenvalue weighted by molar-refractivity contribution is 5.61. The molecule has 0 atom stereocenters. The minimum Gasteiger partial charge on any atom is -0.493 e. The average Bonchev–Trinajstić information content (AvgIpc) is 3.25. The van der Waals surface area contributed by atoms with Crippen LogP contribution in [0.15, 0.2) is 40.2 Å². The maximum Gasteiger partial charge on any atom is 0.441 e. The number of aryl methyl sites for hydroxylation is 1. The predicted molar refractivity (Wildman–Crippen MR) is 83.9 cm³/mol. The van der Waals surface area contributed by atoms with Crippen LogP contribution in [0.2, 0.25) is 0 Å². The summed E-state index contributed by atoms with van der Waals surface area (Å²) >= 11 is 0. The Balaban J connectivity index is 1.82. The van der Waals surface area contributed by atoms with Gasteiger partial charge in [0.15, 0.2) is 17.3 Å². The molecule has 0 N–H and O–H groups in total. The minimum atomic E-state index is -0.502. The molecule has 0 amide bonds. The van der Waals surface area contributed by atoms with Gasteiger partial charge in [-0.05, 0) is 24.6 Å². The molecule has 3 aromatic rings. The molecule has 9 heteroatoms. The third kappa shape index (κ3) is 3.14. The molecule has 0 saturated carbocycles. The number of nitrogens with zero attached hydrogens (tertiary/aromatic N) is 5. The zero-order valence-electron chi connectivity index (χ0n) is 13.4. The summed E-state index contributed by atoms with van der Waals surface area (Å²) in [6, 6.07) is 5.31. The first-order valence-electron chi connectivity index (χ1n) is 7.34. The van der Waals surface area contributed by atoms with E-state index < -0.39 is 5.76 Å².